The number of nitro groups is 1. The van der Waals surface area contributed by atoms with Crippen LogP contribution in [0.1, 0.15) is 18.9 Å². The van der Waals surface area contributed by atoms with Crippen molar-refractivity contribution in [1.82, 2.24) is 14.9 Å². The first-order valence-corrected chi connectivity index (χ1v) is 10.3. The van der Waals surface area contributed by atoms with E-state index in [4.69, 9.17) is 4.74 Å². The number of hydrogen-bond donors (Lipinski definition) is 1. The summed E-state index contributed by atoms with van der Waals surface area (Å²) < 4.78 is 48.3. The molecule has 1 aromatic heterocycles. The third-order valence-corrected chi connectivity index (χ3v) is 5.36. The predicted octanol–water partition coefficient (Wildman–Crippen LogP) is 4.69. The van der Waals surface area contributed by atoms with Gasteiger partial charge in [-0.15, -0.1) is 13.2 Å². The number of aromatic nitrogens is 2. The molecular weight excluding hydrogens is 441 g/mol. The van der Waals surface area contributed by atoms with Crippen LogP contribution in [0.15, 0.2) is 54.7 Å². The van der Waals surface area contributed by atoms with E-state index in [-0.39, 0.29) is 29.7 Å². The molecular formula is C22H21F3N4O4. The molecule has 0 spiro atoms. The van der Waals surface area contributed by atoms with Crippen LogP contribution in [0.2, 0.25) is 0 Å². The molecule has 0 saturated carbocycles. The molecule has 11 heteroatoms. The maximum absolute atomic E-state index is 12.3. The summed E-state index contributed by atoms with van der Waals surface area (Å²) in [5.41, 5.74) is 2.64. The van der Waals surface area contributed by atoms with E-state index in [2.05, 4.69) is 15.0 Å². The lowest BCUT2D eigenvalue weighted by Gasteiger charge is -2.31. The van der Waals surface area contributed by atoms with Gasteiger partial charge in [0.1, 0.15) is 18.1 Å². The van der Waals surface area contributed by atoms with Gasteiger partial charge in [-0.25, -0.2) is 0 Å². The van der Waals surface area contributed by atoms with E-state index in [1.807, 2.05) is 31.2 Å². The average molecular weight is 462 g/mol. The average Bonchev–Trinajstić information content (AvgIpc) is 3.20. The molecule has 0 bridgehead atoms. The fourth-order valence-electron chi connectivity index (χ4n) is 3.72. The van der Waals surface area contributed by atoms with Gasteiger partial charge in [0, 0.05) is 18.1 Å². The van der Waals surface area contributed by atoms with Crippen molar-refractivity contribution < 1.29 is 27.6 Å². The Morgan fingerprint density at radius 3 is 2.39 bits per heavy atom. The number of rotatable bonds is 7. The zero-order valence-corrected chi connectivity index (χ0v) is 17.6. The van der Waals surface area contributed by atoms with Gasteiger partial charge in [0.15, 0.2) is 0 Å². The first kappa shape index (κ1) is 22.6. The van der Waals surface area contributed by atoms with Crippen LogP contribution in [0.4, 0.5) is 19.0 Å². The Hall–Kier alpha value is -3.60. The van der Waals surface area contributed by atoms with Crippen LogP contribution in [0.5, 0.6) is 11.8 Å². The number of ether oxygens (including phenoxy) is 2. The van der Waals surface area contributed by atoms with Gasteiger partial charge in [-0.3, -0.25) is 4.57 Å². The van der Waals surface area contributed by atoms with Gasteiger partial charge in [0.2, 0.25) is 0 Å². The highest BCUT2D eigenvalue weighted by Gasteiger charge is 2.34. The molecule has 0 amide bonds. The number of imidazole rings is 1. The van der Waals surface area contributed by atoms with Crippen molar-refractivity contribution in [2.24, 2.45) is 0 Å². The molecule has 0 saturated heterocycles. The summed E-state index contributed by atoms with van der Waals surface area (Å²) in [6.45, 7) is 3.03. The molecule has 0 aliphatic carbocycles. The van der Waals surface area contributed by atoms with Gasteiger partial charge in [0.05, 0.1) is 6.04 Å². The van der Waals surface area contributed by atoms with Crippen LogP contribution in [0.25, 0.3) is 11.1 Å². The minimum absolute atomic E-state index is 0.0582. The molecule has 2 aromatic carbocycles. The SMILES string of the molecule is CC[C@H]1Oc2nc([N+](=O)[O-])cn2C[C@@H]1NCc1ccc(-c2ccc(OC(F)(F)F)cc2)cc1. The Morgan fingerprint density at radius 1 is 1.18 bits per heavy atom. The minimum atomic E-state index is -4.72. The molecule has 2 heterocycles. The fraction of sp³-hybridized carbons (Fsp3) is 0.318. The summed E-state index contributed by atoms with van der Waals surface area (Å²) in [6, 6.07) is 13.5. The van der Waals surface area contributed by atoms with Crippen LogP contribution in [0.3, 0.4) is 0 Å². The second-order valence-electron chi connectivity index (χ2n) is 7.61. The highest BCUT2D eigenvalue weighted by atomic mass is 19.4. The molecule has 2 atom stereocenters. The molecule has 33 heavy (non-hydrogen) atoms. The second-order valence-corrected chi connectivity index (χ2v) is 7.61. The van der Waals surface area contributed by atoms with Crippen molar-refractivity contribution >= 4 is 5.82 Å². The number of nitrogens with zero attached hydrogens (tertiary/aromatic N) is 3. The molecule has 1 aliphatic heterocycles. The molecule has 4 rings (SSSR count). The summed E-state index contributed by atoms with van der Waals surface area (Å²) in [5, 5.41) is 14.4. The van der Waals surface area contributed by atoms with E-state index < -0.39 is 11.3 Å². The number of nitrogens with one attached hydrogen (secondary N) is 1. The predicted molar refractivity (Wildman–Crippen MR) is 113 cm³/mol. The highest BCUT2D eigenvalue weighted by molar-refractivity contribution is 5.64. The summed E-state index contributed by atoms with van der Waals surface area (Å²) in [4.78, 5) is 14.3. The summed E-state index contributed by atoms with van der Waals surface area (Å²) >= 11 is 0. The number of alkyl halides is 3. The molecule has 0 fully saturated rings. The topological polar surface area (TPSA) is 91.5 Å². The quantitative estimate of drug-likeness (QED) is 0.405. The van der Waals surface area contributed by atoms with E-state index in [0.717, 1.165) is 16.7 Å². The number of halogens is 3. The normalized spacial score (nSPS) is 17.8. The van der Waals surface area contributed by atoms with E-state index in [1.165, 1.54) is 18.3 Å². The lowest BCUT2D eigenvalue weighted by atomic mass is 10.0. The molecule has 1 N–H and O–H groups in total. The highest BCUT2D eigenvalue weighted by Crippen LogP contribution is 2.28. The Kier molecular flexibility index (Phi) is 6.23. The third kappa shape index (κ3) is 5.43. The van der Waals surface area contributed by atoms with Crippen LogP contribution in [-0.4, -0.2) is 33.0 Å². The molecule has 174 valence electrons. The van der Waals surface area contributed by atoms with Gasteiger partial charge in [-0.05, 0) is 40.2 Å². The van der Waals surface area contributed by atoms with E-state index >= 15 is 0 Å². The molecule has 1 aliphatic rings. The van der Waals surface area contributed by atoms with Gasteiger partial charge >= 0.3 is 18.2 Å². The Morgan fingerprint density at radius 2 is 1.82 bits per heavy atom. The number of hydrogen-bond acceptors (Lipinski definition) is 6. The van der Waals surface area contributed by atoms with Crippen molar-refractivity contribution in [3.63, 3.8) is 0 Å². The third-order valence-electron chi connectivity index (χ3n) is 5.36. The second kappa shape index (κ2) is 9.10. The maximum Gasteiger partial charge on any atom is 0.573 e. The first-order valence-electron chi connectivity index (χ1n) is 10.3. The minimum Gasteiger partial charge on any atom is -0.441 e. The van der Waals surface area contributed by atoms with Crippen LogP contribution >= 0.6 is 0 Å². The van der Waals surface area contributed by atoms with E-state index in [0.29, 0.717) is 19.5 Å². The van der Waals surface area contributed by atoms with Gasteiger partial charge in [0.25, 0.3) is 0 Å². The Labute approximate surface area is 187 Å². The Balaban J connectivity index is 1.38. The van der Waals surface area contributed by atoms with Crippen molar-refractivity contribution in [2.75, 3.05) is 0 Å². The summed E-state index contributed by atoms with van der Waals surface area (Å²) in [6.07, 6.45) is -2.80. The van der Waals surface area contributed by atoms with E-state index in [1.54, 1.807) is 16.7 Å². The fourth-order valence-corrected chi connectivity index (χ4v) is 3.72. The van der Waals surface area contributed by atoms with Crippen LogP contribution < -0.4 is 14.8 Å². The lowest BCUT2D eigenvalue weighted by molar-refractivity contribution is -0.389. The summed E-state index contributed by atoms with van der Waals surface area (Å²) in [7, 11) is 0. The van der Waals surface area contributed by atoms with Crippen molar-refractivity contribution in [3.8, 4) is 22.9 Å². The zero-order valence-electron chi connectivity index (χ0n) is 17.6. The monoisotopic (exact) mass is 462 g/mol. The van der Waals surface area contributed by atoms with Crippen molar-refractivity contribution in [2.45, 2.75) is 44.9 Å². The maximum atomic E-state index is 12.3. The zero-order chi connectivity index (χ0) is 23.6. The molecule has 0 radical (unpaired) electrons. The van der Waals surface area contributed by atoms with Crippen molar-refractivity contribution in [3.05, 3.63) is 70.4 Å². The largest absolute Gasteiger partial charge is 0.573 e. The van der Waals surface area contributed by atoms with E-state index in [9.17, 15) is 23.3 Å². The number of fused-ring (bicyclic) bond motifs is 1. The number of benzene rings is 2. The Bertz CT molecular complexity index is 1110. The molecule has 8 nitrogen and oxygen atoms in total. The van der Waals surface area contributed by atoms with Gasteiger partial charge in [-0.1, -0.05) is 43.3 Å². The van der Waals surface area contributed by atoms with Crippen molar-refractivity contribution in [1.29, 1.82) is 0 Å². The van der Waals surface area contributed by atoms with Gasteiger partial charge in [-0.2, -0.15) is 0 Å². The standard InChI is InChI=1S/C22H21F3N4O4/c1-2-19-18(12-28-13-20(29(30)31)27-21(28)32-19)26-11-14-3-5-15(6-4-14)16-7-9-17(10-8-16)33-22(23,24)25/h3-10,13,18-19,26H,2,11-12H2,1H3/t18-,19+/m0/s1. The first-order chi connectivity index (χ1) is 15.7. The summed E-state index contributed by atoms with van der Waals surface area (Å²) in [5.74, 6) is -0.507. The molecule has 0 unspecified atom stereocenters. The smallest absolute Gasteiger partial charge is 0.441 e. The lowest BCUT2D eigenvalue weighted by Crippen LogP contribution is -2.48. The van der Waals surface area contributed by atoms with Crippen LogP contribution in [-0.2, 0) is 13.1 Å². The van der Waals surface area contributed by atoms with Gasteiger partial charge < -0.3 is 24.9 Å². The van der Waals surface area contributed by atoms with Crippen LogP contribution in [0, 0.1) is 10.1 Å². The molecule has 3 aromatic rings.